The second-order valence-electron chi connectivity index (χ2n) is 6.88. The monoisotopic (exact) mass is 553 g/mol. The highest BCUT2D eigenvalue weighted by Crippen LogP contribution is 2.34. The number of phenols is 1. The number of hydrogen-bond donors (Lipinski definition) is 3. The summed E-state index contributed by atoms with van der Waals surface area (Å²) in [7, 11) is 1.45. The third kappa shape index (κ3) is 7.65. The number of aromatic hydroxyl groups is 1. The molecule has 0 bridgehead atoms. The van der Waals surface area contributed by atoms with Crippen molar-refractivity contribution < 1.29 is 34.1 Å². The van der Waals surface area contributed by atoms with Crippen molar-refractivity contribution in [1.82, 2.24) is 0 Å². The number of carboxylic acid groups (broad SMARTS) is 1. The number of benzene rings is 2. The molecule has 0 heterocycles. The predicted molar refractivity (Wildman–Crippen MR) is 127 cm³/mol. The van der Waals surface area contributed by atoms with E-state index in [1.807, 2.05) is 0 Å². The molecule has 2 aromatic carbocycles. The van der Waals surface area contributed by atoms with E-state index in [0.717, 1.165) is 9.65 Å². The molecule has 0 spiro atoms. The maximum absolute atomic E-state index is 12.6. The Balaban J connectivity index is 2.22. The van der Waals surface area contributed by atoms with Gasteiger partial charge >= 0.3 is 12.1 Å². The summed E-state index contributed by atoms with van der Waals surface area (Å²) in [5, 5.41) is 21.7. The molecule has 2 atom stereocenters. The summed E-state index contributed by atoms with van der Waals surface area (Å²) >= 11 is 2.08. The van der Waals surface area contributed by atoms with Crippen molar-refractivity contribution in [1.29, 1.82) is 0 Å². The van der Waals surface area contributed by atoms with Gasteiger partial charge in [-0.3, -0.25) is 10.1 Å². The molecule has 0 aliphatic heterocycles. The van der Waals surface area contributed by atoms with Crippen LogP contribution >= 0.6 is 22.6 Å². The van der Waals surface area contributed by atoms with E-state index in [9.17, 15) is 19.5 Å². The SMILES string of the molecule is CO[C@@H](CC/C=C/C(=O)O)[C@@H](OC(=O)Nc1ccc(C(C)=O)cc1)c1cc(I)ccc1O. The van der Waals surface area contributed by atoms with Crippen molar-refractivity contribution in [3.63, 3.8) is 0 Å². The van der Waals surface area contributed by atoms with Gasteiger partial charge in [-0.2, -0.15) is 0 Å². The number of ether oxygens (including phenoxy) is 2. The Morgan fingerprint density at radius 3 is 2.44 bits per heavy atom. The summed E-state index contributed by atoms with van der Waals surface area (Å²) < 4.78 is 12.0. The largest absolute Gasteiger partial charge is 0.508 e. The van der Waals surface area contributed by atoms with E-state index in [-0.39, 0.29) is 11.5 Å². The van der Waals surface area contributed by atoms with Crippen LogP contribution in [0, 0.1) is 3.57 Å². The number of halogens is 1. The maximum Gasteiger partial charge on any atom is 0.412 e. The van der Waals surface area contributed by atoms with E-state index in [0.29, 0.717) is 29.7 Å². The molecule has 32 heavy (non-hydrogen) atoms. The number of amides is 1. The van der Waals surface area contributed by atoms with Gasteiger partial charge in [0.1, 0.15) is 5.75 Å². The Labute approximate surface area is 199 Å². The van der Waals surface area contributed by atoms with Gasteiger partial charge in [0.25, 0.3) is 0 Å². The Bertz CT molecular complexity index is 988. The number of methoxy groups -OCH3 is 1. The van der Waals surface area contributed by atoms with E-state index in [4.69, 9.17) is 14.6 Å². The van der Waals surface area contributed by atoms with E-state index in [1.54, 1.807) is 36.4 Å². The topological polar surface area (TPSA) is 122 Å². The highest BCUT2D eigenvalue weighted by molar-refractivity contribution is 14.1. The Morgan fingerprint density at radius 2 is 1.84 bits per heavy atom. The number of hydrogen-bond acceptors (Lipinski definition) is 6. The van der Waals surface area contributed by atoms with Crippen molar-refractivity contribution in [2.75, 3.05) is 12.4 Å². The summed E-state index contributed by atoms with van der Waals surface area (Å²) in [6, 6.07) is 11.3. The summed E-state index contributed by atoms with van der Waals surface area (Å²) in [4.78, 5) is 34.7. The van der Waals surface area contributed by atoms with Crippen molar-refractivity contribution in [3.8, 4) is 5.75 Å². The summed E-state index contributed by atoms with van der Waals surface area (Å²) in [6.45, 7) is 1.45. The van der Waals surface area contributed by atoms with Crippen molar-refractivity contribution in [2.45, 2.75) is 32.0 Å². The van der Waals surface area contributed by atoms with Crippen molar-refractivity contribution in [2.24, 2.45) is 0 Å². The van der Waals surface area contributed by atoms with Crippen molar-refractivity contribution >= 4 is 46.1 Å². The standard InChI is InChI=1S/C23H24INO7/c1-14(26)15-7-10-17(11-8-15)25-23(30)32-22(18-13-16(24)9-12-19(18)27)20(31-2)5-3-4-6-21(28)29/h4,6-13,20,22,27H,3,5H2,1-2H3,(H,25,30)(H,28,29)/b6-4+/t20-,22-/m0/s1. The number of carbonyl (C=O) groups is 3. The normalized spacial score (nSPS) is 12.8. The molecule has 0 saturated heterocycles. The van der Waals surface area contributed by atoms with Crippen LogP contribution in [-0.2, 0) is 14.3 Å². The number of nitrogens with one attached hydrogen (secondary N) is 1. The van der Waals surface area contributed by atoms with Crippen LogP contribution in [0.5, 0.6) is 5.75 Å². The van der Waals surface area contributed by atoms with Crippen LogP contribution in [0.3, 0.4) is 0 Å². The zero-order valence-corrected chi connectivity index (χ0v) is 19.7. The zero-order valence-electron chi connectivity index (χ0n) is 17.6. The summed E-state index contributed by atoms with van der Waals surface area (Å²) in [5.41, 5.74) is 1.32. The first-order valence-corrected chi connectivity index (χ1v) is 10.8. The number of ketones is 1. The summed E-state index contributed by atoms with van der Waals surface area (Å²) in [5.74, 6) is -1.21. The number of phenolic OH excluding ortho intramolecular Hbond substituents is 1. The first kappa shape index (κ1) is 25.3. The second-order valence-corrected chi connectivity index (χ2v) is 8.13. The molecule has 8 nitrogen and oxygen atoms in total. The van der Waals surface area contributed by atoms with Crippen LogP contribution in [0.15, 0.2) is 54.6 Å². The molecule has 0 fully saturated rings. The van der Waals surface area contributed by atoms with Crippen LogP contribution < -0.4 is 5.32 Å². The molecule has 0 aliphatic rings. The molecule has 0 aliphatic carbocycles. The van der Waals surface area contributed by atoms with Gasteiger partial charge in [0.15, 0.2) is 11.9 Å². The lowest BCUT2D eigenvalue weighted by atomic mass is 9.99. The molecular formula is C23H24INO7. The highest BCUT2D eigenvalue weighted by Gasteiger charge is 2.29. The van der Waals surface area contributed by atoms with Gasteiger partial charge in [0, 0.05) is 33.6 Å². The van der Waals surface area contributed by atoms with Gasteiger partial charge in [0.2, 0.25) is 0 Å². The molecule has 170 valence electrons. The van der Waals surface area contributed by atoms with E-state index >= 15 is 0 Å². The average molecular weight is 553 g/mol. The first-order chi connectivity index (χ1) is 15.2. The first-order valence-electron chi connectivity index (χ1n) is 9.70. The van der Waals surface area contributed by atoms with Gasteiger partial charge in [-0.1, -0.05) is 6.08 Å². The lowest BCUT2D eigenvalue weighted by Gasteiger charge is -2.27. The van der Waals surface area contributed by atoms with Gasteiger partial charge in [-0.15, -0.1) is 0 Å². The molecule has 1 amide bonds. The highest BCUT2D eigenvalue weighted by atomic mass is 127. The molecule has 0 saturated carbocycles. The summed E-state index contributed by atoms with van der Waals surface area (Å²) in [6.07, 6.45) is 0.847. The molecule has 0 radical (unpaired) electrons. The lowest BCUT2D eigenvalue weighted by molar-refractivity contribution is -0.131. The maximum atomic E-state index is 12.6. The number of anilines is 1. The minimum atomic E-state index is -1.06. The number of rotatable bonds is 10. The molecule has 0 aromatic heterocycles. The number of allylic oxidation sites excluding steroid dienone is 1. The van der Waals surface area contributed by atoms with Crippen LogP contribution in [0.2, 0.25) is 0 Å². The Morgan fingerprint density at radius 1 is 1.16 bits per heavy atom. The minimum Gasteiger partial charge on any atom is -0.508 e. The molecule has 3 N–H and O–H groups in total. The number of carboxylic acids is 1. The molecule has 2 rings (SSSR count). The molecule has 2 aromatic rings. The fourth-order valence-corrected chi connectivity index (χ4v) is 3.50. The van der Waals surface area contributed by atoms with Crippen LogP contribution in [0.1, 0.15) is 41.8 Å². The predicted octanol–water partition coefficient (Wildman–Crippen LogP) is 4.93. The van der Waals surface area contributed by atoms with Gasteiger partial charge in [0.05, 0.1) is 6.10 Å². The number of carbonyl (C=O) groups excluding carboxylic acids is 2. The molecule has 0 unspecified atom stereocenters. The smallest absolute Gasteiger partial charge is 0.412 e. The van der Waals surface area contributed by atoms with Gasteiger partial charge < -0.3 is 19.7 Å². The van der Waals surface area contributed by atoms with Gasteiger partial charge in [-0.25, -0.2) is 9.59 Å². The van der Waals surface area contributed by atoms with Crippen molar-refractivity contribution in [3.05, 3.63) is 69.3 Å². The lowest BCUT2D eigenvalue weighted by Crippen LogP contribution is -2.28. The van der Waals surface area contributed by atoms with E-state index < -0.39 is 24.3 Å². The quantitative estimate of drug-likeness (QED) is 0.217. The second kappa shape index (κ2) is 12.2. The fourth-order valence-electron chi connectivity index (χ4n) is 2.98. The van der Waals surface area contributed by atoms with Crippen LogP contribution in [-0.4, -0.2) is 41.3 Å². The Kier molecular flexibility index (Phi) is 9.66. The van der Waals surface area contributed by atoms with E-state index in [2.05, 4.69) is 27.9 Å². The third-order valence-corrected chi connectivity index (χ3v) is 5.26. The number of Topliss-reactive ketones (excluding diaryl/α,β-unsaturated/α-hetero) is 1. The Hall–Kier alpha value is -2.92. The average Bonchev–Trinajstić information content (AvgIpc) is 2.74. The minimum absolute atomic E-state index is 0.0582. The van der Waals surface area contributed by atoms with Crippen LogP contribution in [0.4, 0.5) is 10.5 Å². The number of aliphatic carboxylic acids is 1. The zero-order chi connectivity index (χ0) is 23.7. The van der Waals surface area contributed by atoms with E-state index in [1.165, 1.54) is 26.2 Å². The van der Waals surface area contributed by atoms with Crippen LogP contribution in [0.25, 0.3) is 0 Å². The fraction of sp³-hybridized carbons (Fsp3) is 0.261. The van der Waals surface area contributed by atoms with Gasteiger partial charge in [-0.05, 0) is 84.8 Å². The molecule has 9 heteroatoms. The third-order valence-electron chi connectivity index (χ3n) is 4.59. The molecular weight excluding hydrogens is 529 g/mol.